The van der Waals surface area contributed by atoms with Crippen LogP contribution in [0.1, 0.15) is 24.2 Å². The van der Waals surface area contributed by atoms with Crippen molar-refractivity contribution in [3.05, 3.63) is 29.8 Å². The fourth-order valence-corrected chi connectivity index (χ4v) is 1.26. The lowest BCUT2D eigenvalue weighted by Gasteiger charge is -2.08. The molecule has 1 rings (SSSR count). The number of carbonyl (C=O) groups excluding carboxylic acids is 2. The molecule has 0 radical (unpaired) electrons. The number of amides is 3. The summed E-state index contributed by atoms with van der Waals surface area (Å²) in [6.45, 7) is 4.48. The summed E-state index contributed by atoms with van der Waals surface area (Å²) in [6, 6.07) is 6.06. The summed E-state index contributed by atoms with van der Waals surface area (Å²) in [6.07, 6.45) is 0. The lowest BCUT2D eigenvalue weighted by molar-refractivity contribution is 0.0963. The minimum atomic E-state index is -0.482. The molecule has 5 nitrogen and oxygen atoms in total. The van der Waals surface area contributed by atoms with Gasteiger partial charge in [-0.15, -0.1) is 0 Å². The first-order valence-electron chi connectivity index (χ1n) is 5.76. The van der Waals surface area contributed by atoms with Crippen molar-refractivity contribution in [2.75, 3.05) is 13.7 Å². The maximum atomic E-state index is 11.7. The smallest absolute Gasteiger partial charge is 0.321 e. The Morgan fingerprint density at radius 2 is 1.83 bits per heavy atom. The monoisotopic (exact) mass is 250 g/mol. The van der Waals surface area contributed by atoms with E-state index >= 15 is 0 Å². The van der Waals surface area contributed by atoms with Gasteiger partial charge in [-0.1, -0.05) is 13.8 Å². The average molecular weight is 250 g/mol. The van der Waals surface area contributed by atoms with Gasteiger partial charge in [-0.25, -0.2) is 4.79 Å². The quantitative estimate of drug-likeness (QED) is 0.856. The van der Waals surface area contributed by atoms with Crippen molar-refractivity contribution < 1.29 is 14.3 Å². The first kappa shape index (κ1) is 14.0. The zero-order chi connectivity index (χ0) is 13.5. The predicted molar refractivity (Wildman–Crippen MR) is 68.7 cm³/mol. The maximum Gasteiger partial charge on any atom is 0.321 e. The van der Waals surface area contributed by atoms with E-state index in [1.54, 1.807) is 31.4 Å². The molecular weight excluding hydrogens is 232 g/mol. The van der Waals surface area contributed by atoms with Gasteiger partial charge in [0, 0.05) is 12.1 Å². The van der Waals surface area contributed by atoms with Crippen molar-refractivity contribution >= 4 is 11.9 Å². The number of methoxy groups -OCH3 is 1. The van der Waals surface area contributed by atoms with Crippen LogP contribution in [0.4, 0.5) is 4.79 Å². The molecule has 0 aliphatic rings. The molecule has 0 heterocycles. The van der Waals surface area contributed by atoms with Gasteiger partial charge in [0.05, 0.1) is 7.11 Å². The van der Waals surface area contributed by atoms with Crippen molar-refractivity contribution in [1.29, 1.82) is 0 Å². The highest BCUT2D eigenvalue weighted by Gasteiger charge is 2.10. The second-order valence-electron chi connectivity index (χ2n) is 4.29. The van der Waals surface area contributed by atoms with Crippen molar-refractivity contribution in [3.8, 4) is 5.75 Å². The number of ether oxygens (including phenoxy) is 1. The Morgan fingerprint density at radius 3 is 2.33 bits per heavy atom. The molecule has 0 aliphatic carbocycles. The van der Waals surface area contributed by atoms with Crippen LogP contribution in [0.3, 0.4) is 0 Å². The van der Waals surface area contributed by atoms with Crippen LogP contribution in [0.25, 0.3) is 0 Å². The van der Waals surface area contributed by atoms with E-state index in [0.29, 0.717) is 23.8 Å². The number of nitrogens with one attached hydrogen (secondary N) is 2. The van der Waals surface area contributed by atoms with Gasteiger partial charge in [0.2, 0.25) is 0 Å². The molecule has 1 aromatic carbocycles. The van der Waals surface area contributed by atoms with Crippen LogP contribution < -0.4 is 15.4 Å². The highest BCUT2D eigenvalue weighted by molar-refractivity contribution is 6.04. The topological polar surface area (TPSA) is 67.4 Å². The molecule has 0 saturated heterocycles. The lowest BCUT2D eigenvalue weighted by Crippen LogP contribution is -2.40. The van der Waals surface area contributed by atoms with Gasteiger partial charge in [0.1, 0.15) is 5.75 Å². The van der Waals surface area contributed by atoms with Crippen LogP contribution in [0.2, 0.25) is 0 Å². The Bertz CT molecular complexity index is 413. The summed E-state index contributed by atoms with van der Waals surface area (Å²) in [5.41, 5.74) is 0.412. The highest BCUT2D eigenvalue weighted by atomic mass is 16.5. The third-order valence-electron chi connectivity index (χ3n) is 2.25. The molecule has 1 aromatic rings. The van der Waals surface area contributed by atoms with E-state index < -0.39 is 11.9 Å². The van der Waals surface area contributed by atoms with E-state index in [4.69, 9.17) is 4.74 Å². The van der Waals surface area contributed by atoms with E-state index in [1.807, 2.05) is 13.8 Å². The summed E-state index contributed by atoms with van der Waals surface area (Å²) in [7, 11) is 1.55. The SMILES string of the molecule is COc1ccc(C(=O)NC(=O)NCC(C)C)cc1. The lowest BCUT2D eigenvalue weighted by atomic mass is 10.2. The fourth-order valence-electron chi connectivity index (χ4n) is 1.26. The second-order valence-corrected chi connectivity index (χ2v) is 4.29. The Kier molecular flexibility index (Phi) is 5.17. The minimum Gasteiger partial charge on any atom is -0.497 e. The van der Waals surface area contributed by atoms with E-state index in [0.717, 1.165) is 0 Å². The number of carbonyl (C=O) groups is 2. The van der Waals surface area contributed by atoms with Gasteiger partial charge in [-0.3, -0.25) is 10.1 Å². The molecular formula is C13H18N2O3. The molecule has 0 atom stereocenters. The summed E-state index contributed by atoms with van der Waals surface area (Å²) < 4.78 is 4.98. The molecule has 0 aromatic heterocycles. The van der Waals surface area contributed by atoms with Crippen molar-refractivity contribution in [2.24, 2.45) is 5.92 Å². The normalized spacial score (nSPS) is 10.0. The molecule has 0 aliphatic heterocycles. The van der Waals surface area contributed by atoms with Gasteiger partial charge in [-0.2, -0.15) is 0 Å². The number of benzene rings is 1. The Hall–Kier alpha value is -2.04. The fraction of sp³-hybridized carbons (Fsp3) is 0.385. The van der Waals surface area contributed by atoms with Gasteiger partial charge >= 0.3 is 6.03 Å². The largest absolute Gasteiger partial charge is 0.497 e. The van der Waals surface area contributed by atoms with Crippen LogP contribution >= 0.6 is 0 Å². The van der Waals surface area contributed by atoms with Crippen molar-refractivity contribution in [1.82, 2.24) is 10.6 Å². The number of hydrogen-bond acceptors (Lipinski definition) is 3. The molecule has 0 bridgehead atoms. The van der Waals surface area contributed by atoms with Crippen LogP contribution in [-0.4, -0.2) is 25.6 Å². The molecule has 98 valence electrons. The zero-order valence-corrected chi connectivity index (χ0v) is 10.8. The van der Waals surface area contributed by atoms with Gasteiger partial charge < -0.3 is 10.1 Å². The number of imide groups is 1. The molecule has 0 saturated carbocycles. The predicted octanol–water partition coefficient (Wildman–Crippen LogP) is 1.79. The van der Waals surface area contributed by atoms with Crippen LogP contribution in [0.5, 0.6) is 5.75 Å². The first-order chi connectivity index (χ1) is 8.52. The first-order valence-corrected chi connectivity index (χ1v) is 5.76. The number of rotatable bonds is 4. The van der Waals surface area contributed by atoms with Crippen LogP contribution in [0.15, 0.2) is 24.3 Å². The third-order valence-corrected chi connectivity index (χ3v) is 2.25. The molecule has 0 unspecified atom stereocenters. The van der Waals surface area contributed by atoms with E-state index in [9.17, 15) is 9.59 Å². The molecule has 0 fully saturated rings. The van der Waals surface area contributed by atoms with Gasteiger partial charge in [-0.05, 0) is 30.2 Å². The standard InChI is InChI=1S/C13H18N2O3/c1-9(2)8-14-13(17)15-12(16)10-4-6-11(18-3)7-5-10/h4-7,9H,8H2,1-3H3,(H2,14,15,16,17). The summed E-state index contributed by atoms with van der Waals surface area (Å²) in [4.78, 5) is 23.1. The molecule has 0 spiro atoms. The van der Waals surface area contributed by atoms with Crippen LogP contribution in [0, 0.1) is 5.92 Å². The Balaban J connectivity index is 2.51. The highest BCUT2D eigenvalue weighted by Crippen LogP contribution is 2.10. The third kappa shape index (κ3) is 4.45. The van der Waals surface area contributed by atoms with Gasteiger partial charge in [0.15, 0.2) is 0 Å². The zero-order valence-electron chi connectivity index (χ0n) is 10.8. The van der Waals surface area contributed by atoms with Crippen molar-refractivity contribution in [2.45, 2.75) is 13.8 Å². The summed E-state index contributed by atoms with van der Waals surface area (Å²) in [5.74, 6) is 0.571. The minimum absolute atomic E-state index is 0.340. The Labute approximate surface area is 107 Å². The molecule has 5 heteroatoms. The van der Waals surface area contributed by atoms with Crippen molar-refractivity contribution in [3.63, 3.8) is 0 Å². The maximum absolute atomic E-state index is 11.7. The second kappa shape index (κ2) is 6.64. The van der Waals surface area contributed by atoms with E-state index in [2.05, 4.69) is 10.6 Å². The van der Waals surface area contributed by atoms with E-state index in [-0.39, 0.29) is 0 Å². The average Bonchev–Trinajstić information content (AvgIpc) is 2.36. The van der Waals surface area contributed by atoms with E-state index in [1.165, 1.54) is 0 Å². The number of urea groups is 1. The summed E-state index contributed by atoms with van der Waals surface area (Å²) >= 11 is 0. The summed E-state index contributed by atoms with van der Waals surface area (Å²) in [5, 5.41) is 4.87. The van der Waals surface area contributed by atoms with Crippen LogP contribution in [-0.2, 0) is 0 Å². The molecule has 18 heavy (non-hydrogen) atoms. The number of hydrogen-bond donors (Lipinski definition) is 2. The molecule has 2 N–H and O–H groups in total. The molecule has 3 amide bonds. The van der Waals surface area contributed by atoms with Gasteiger partial charge in [0.25, 0.3) is 5.91 Å². The Morgan fingerprint density at radius 1 is 1.22 bits per heavy atom.